The third kappa shape index (κ3) is 21.7. The number of carbonyl (C=O) groups is 3. The van der Waals surface area contributed by atoms with Gasteiger partial charge in [0.15, 0.2) is 6.29 Å². The van der Waals surface area contributed by atoms with Gasteiger partial charge in [-0.15, -0.1) is 0 Å². The number of amides is 2. The Morgan fingerprint density at radius 1 is 0.725 bits per heavy atom. The largest absolute Gasteiger partial charge is 0.444 e. The molecule has 282 valence electrons. The number of ether oxygens (including phenoxy) is 2. The van der Waals surface area contributed by atoms with Gasteiger partial charge >= 0.3 is 24.5 Å². The highest BCUT2D eigenvalue weighted by Gasteiger charge is 2.26. The molecule has 0 aromatic heterocycles. The van der Waals surface area contributed by atoms with Crippen molar-refractivity contribution < 1.29 is 43.0 Å². The molecule has 2 fully saturated rings. The molecule has 0 spiro atoms. The van der Waals surface area contributed by atoms with Gasteiger partial charge in [0.1, 0.15) is 11.2 Å². The first-order valence-electron chi connectivity index (χ1n) is 16.1. The van der Waals surface area contributed by atoms with Gasteiger partial charge in [-0.1, -0.05) is 41.4 Å². The molecule has 2 aromatic rings. The number of halogens is 2. The quantitative estimate of drug-likeness (QED) is 0.377. The second-order valence-corrected chi connectivity index (χ2v) is 14.2. The zero-order valence-electron chi connectivity index (χ0n) is 30.7. The van der Waals surface area contributed by atoms with Crippen molar-refractivity contribution in [1.82, 2.24) is 20.0 Å². The highest BCUT2D eigenvalue weighted by Crippen LogP contribution is 2.21. The van der Waals surface area contributed by atoms with Crippen LogP contribution in [0.4, 0.5) is 9.59 Å². The van der Waals surface area contributed by atoms with Crippen molar-refractivity contribution in [2.75, 3.05) is 52.4 Å². The van der Waals surface area contributed by atoms with Gasteiger partial charge in [0.05, 0.1) is 5.02 Å². The van der Waals surface area contributed by atoms with Crippen molar-refractivity contribution in [2.24, 2.45) is 0 Å². The van der Waals surface area contributed by atoms with Gasteiger partial charge in [0.25, 0.3) is 0 Å². The topological polar surface area (TPSA) is 160 Å². The summed E-state index contributed by atoms with van der Waals surface area (Å²) in [6.07, 6.45) is 0.830. The van der Waals surface area contributed by atoms with Gasteiger partial charge in [-0.25, -0.2) is 9.59 Å². The SMILES string of the molecule is CC(C)(C)OC(=O)N1CCNCC1.Cc1ccc(C=O)c(Cl)c1.Cc1ccc(CN2CCN(C(=O)OC(C)(C)C)CC2)c(Cl)c1.O=C=O.O=C=O. The van der Waals surface area contributed by atoms with E-state index < -0.39 is 5.60 Å². The summed E-state index contributed by atoms with van der Waals surface area (Å²) in [5.41, 5.74) is 3.09. The molecule has 4 rings (SSSR count). The molecule has 2 amide bonds. The van der Waals surface area contributed by atoms with Crippen LogP contribution in [0.25, 0.3) is 0 Å². The smallest absolute Gasteiger partial charge is 0.410 e. The van der Waals surface area contributed by atoms with Crippen molar-refractivity contribution in [3.63, 3.8) is 0 Å². The summed E-state index contributed by atoms with van der Waals surface area (Å²) in [5.74, 6) is 0. The fraction of sp³-hybridized carbons (Fsp3) is 0.528. The van der Waals surface area contributed by atoms with Gasteiger partial charge < -0.3 is 24.6 Å². The number of aldehydes is 1. The van der Waals surface area contributed by atoms with E-state index in [-0.39, 0.29) is 30.1 Å². The minimum atomic E-state index is -0.441. The standard InChI is InChI=1S/C17H25ClN2O2.C9H18N2O2.C8H7ClO.2CO2/c1-13-5-6-14(15(18)11-13)12-19-7-9-20(10-8-19)16(21)22-17(2,3)4;1-9(2,3)13-8(12)11-6-4-10-5-7-11;1-6-2-3-7(5-10)8(9)4-6;2*2-1-3/h5-6,11H,7-10,12H2,1-4H3;10H,4-7H2,1-3H3;2-5H,1H3;;. The number of piperazine rings is 2. The lowest BCUT2D eigenvalue weighted by molar-refractivity contribution is -0.193. The first kappa shape index (κ1) is 46.9. The van der Waals surface area contributed by atoms with Crippen LogP contribution in [0.5, 0.6) is 0 Å². The van der Waals surface area contributed by atoms with Gasteiger partial charge in [-0.3, -0.25) is 9.69 Å². The van der Waals surface area contributed by atoms with E-state index in [1.165, 1.54) is 5.56 Å². The normalized spacial score (nSPS) is 14.1. The summed E-state index contributed by atoms with van der Waals surface area (Å²) in [6, 6.07) is 11.5. The monoisotopic (exact) mass is 752 g/mol. The maximum atomic E-state index is 12.0. The predicted octanol–water partition coefficient (Wildman–Crippen LogP) is 5.82. The second kappa shape index (κ2) is 24.2. The molecule has 2 aliphatic heterocycles. The molecule has 0 bridgehead atoms. The van der Waals surface area contributed by atoms with Crippen LogP contribution in [-0.4, -0.2) is 109 Å². The number of nitrogens with zero attached hydrogens (tertiary/aromatic N) is 3. The maximum absolute atomic E-state index is 12.0. The lowest BCUT2D eigenvalue weighted by Gasteiger charge is -2.35. The van der Waals surface area contributed by atoms with Crippen molar-refractivity contribution in [3.05, 3.63) is 68.7 Å². The van der Waals surface area contributed by atoms with Gasteiger partial charge in [-0.05, 0) is 90.3 Å². The van der Waals surface area contributed by atoms with Crippen molar-refractivity contribution in [1.29, 1.82) is 0 Å². The second-order valence-electron chi connectivity index (χ2n) is 13.4. The Balaban J connectivity index is 0.000000731. The third-order valence-corrected chi connectivity index (χ3v) is 7.36. The molecule has 0 atom stereocenters. The molecule has 51 heavy (non-hydrogen) atoms. The van der Waals surface area contributed by atoms with Crippen LogP contribution in [0.1, 0.15) is 68.6 Å². The van der Waals surface area contributed by atoms with Crippen LogP contribution in [0.2, 0.25) is 10.0 Å². The van der Waals surface area contributed by atoms with Crippen molar-refractivity contribution >= 4 is 54.0 Å². The average molecular weight is 754 g/mol. The van der Waals surface area contributed by atoms with Crippen molar-refractivity contribution in [3.8, 4) is 0 Å². The van der Waals surface area contributed by atoms with Crippen LogP contribution in [0.3, 0.4) is 0 Å². The summed E-state index contributed by atoms with van der Waals surface area (Å²) in [6.45, 7) is 22.4. The maximum Gasteiger partial charge on any atom is 0.410 e. The molecule has 0 unspecified atom stereocenters. The Morgan fingerprint density at radius 3 is 1.53 bits per heavy atom. The van der Waals surface area contributed by atoms with E-state index in [1.807, 2.05) is 67.5 Å². The number of hydrogen-bond donors (Lipinski definition) is 1. The van der Waals surface area contributed by atoms with E-state index in [0.29, 0.717) is 23.7 Å². The highest BCUT2D eigenvalue weighted by atomic mass is 35.5. The third-order valence-electron chi connectivity index (χ3n) is 6.68. The number of rotatable bonds is 3. The zero-order valence-corrected chi connectivity index (χ0v) is 32.2. The van der Waals surface area contributed by atoms with Gasteiger partial charge in [0, 0.05) is 69.5 Å². The Labute approximate surface area is 310 Å². The van der Waals surface area contributed by atoms with E-state index >= 15 is 0 Å². The van der Waals surface area contributed by atoms with Crippen LogP contribution >= 0.6 is 23.2 Å². The van der Waals surface area contributed by atoms with Crippen LogP contribution in [0, 0.1) is 13.8 Å². The van der Waals surface area contributed by atoms with Gasteiger partial charge in [0.2, 0.25) is 0 Å². The fourth-order valence-electron chi connectivity index (χ4n) is 4.34. The lowest BCUT2D eigenvalue weighted by Crippen LogP contribution is -2.49. The number of hydrogen-bond acceptors (Lipinski definition) is 11. The summed E-state index contributed by atoms with van der Waals surface area (Å²) in [7, 11) is 0. The lowest BCUT2D eigenvalue weighted by atomic mass is 10.1. The minimum Gasteiger partial charge on any atom is -0.444 e. The number of aryl methyl sites for hydroxylation is 2. The molecule has 1 N–H and O–H groups in total. The number of nitrogens with one attached hydrogen (secondary N) is 1. The van der Waals surface area contributed by atoms with E-state index in [2.05, 4.69) is 22.3 Å². The Morgan fingerprint density at radius 2 is 1.14 bits per heavy atom. The summed E-state index contributed by atoms with van der Waals surface area (Å²) in [5, 5.41) is 4.52. The summed E-state index contributed by atoms with van der Waals surface area (Å²) in [4.78, 5) is 72.1. The van der Waals surface area contributed by atoms with Crippen LogP contribution in [0.15, 0.2) is 36.4 Å². The molecule has 2 heterocycles. The highest BCUT2D eigenvalue weighted by molar-refractivity contribution is 6.33. The Kier molecular flexibility index (Phi) is 22.2. The van der Waals surface area contributed by atoms with Crippen LogP contribution in [-0.2, 0) is 35.2 Å². The molecule has 15 heteroatoms. The van der Waals surface area contributed by atoms with Crippen molar-refractivity contribution in [2.45, 2.75) is 73.1 Å². The molecule has 2 aliphatic rings. The molecular formula is C36H50Cl2N4O9. The Hall–Kier alpha value is -4.09. The fourth-order valence-corrected chi connectivity index (χ4v) is 4.91. The number of benzene rings is 2. The zero-order chi connectivity index (χ0) is 39.2. The molecule has 0 saturated carbocycles. The minimum absolute atomic E-state index is 0.200. The summed E-state index contributed by atoms with van der Waals surface area (Å²) < 4.78 is 10.6. The van der Waals surface area contributed by atoms with E-state index in [0.717, 1.165) is 68.2 Å². The molecule has 13 nitrogen and oxygen atoms in total. The average Bonchev–Trinajstić information content (AvgIpc) is 3.03. The predicted molar refractivity (Wildman–Crippen MR) is 192 cm³/mol. The summed E-state index contributed by atoms with van der Waals surface area (Å²) >= 11 is 12.0. The van der Waals surface area contributed by atoms with E-state index in [4.69, 9.17) is 51.9 Å². The first-order chi connectivity index (χ1) is 23.8. The van der Waals surface area contributed by atoms with Crippen LogP contribution < -0.4 is 5.32 Å². The first-order valence-corrected chi connectivity index (χ1v) is 16.9. The molecular weight excluding hydrogens is 703 g/mol. The Bertz CT molecular complexity index is 1440. The van der Waals surface area contributed by atoms with E-state index in [9.17, 15) is 14.4 Å². The molecule has 0 radical (unpaired) electrons. The number of carbonyl (C=O) groups excluding carboxylic acids is 7. The van der Waals surface area contributed by atoms with Gasteiger partial charge in [-0.2, -0.15) is 19.2 Å². The molecule has 0 aliphatic carbocycles. The molecule has 2 saturated heterocycles. The molecule has 2 aromatic carbocycles. The van der Waals surface area contributed by atoms with E-state index in [1.54, 1.807) is 21.9 Å².